The molecule has 108 valence electrons. The molecular weight excluding hydrogens is 254 g/mol. The molecule has 1 aliphatic rings. The molecule has 20 heavy (non-hydrogen) atoms. The van der Waals surface area contributed by atoms with Crippen molar-refractivity contribution in [2.24, 2.45) is 0 Å². The molecule has 0 aromatic carbocycles. The normalized spacial score (nSPS) is 20.0. The van der Waals surface area contributed by atoms with Gasteiger partial charge in [0.05, 0.1) is 11.7 Å². The van der Waals surface area contributed by atoms with Crippen LogP contribution < -0.4 is 5.32 Å². The minimum atomic E-state index is -0.421. The maximum absolute atomic E-state index is 12.4. The number of carbonyl (C=O) groups excluding carboxylic acids is 2. The lowest BCUT2D eigenvalue weighted by atomic mass is 10.2. The number of aldehydes is 1. The molecule has 0 radical (unpaired) electrons. The van der Waals surface area contributed by atoms with Gasteiger partial charge in [0.25, 0.3) is 5.91 Å². The number of amides is 1. The molecule has 1 fully saturated rings. The molecule has 1 atom stereocenters. The standard InChI is InChI=1S/C15H21N3O2/c1-4-12(8-16)9-17-14(5-2)15(20)18-11(3)6-7-13(18)10-19/h4-5,8,10,13,16-17H,3,6-7,9H2,1-2H3/b12-4+,14-5+,16-8?. The van der Waals surface area contributed by atoms with Crippen LogP contribution >= 0.6 is 0 Å². The van der Waals surface area contributed by atoms with Gasteiger partial charge in [0.15, 0.2) is 0 Å². The summed E-state index contributed by atoms with van der Waals surface area (Å²) >= 11 is 0. The van der Waals surface area contributed by atoms with Crippen molar-refractivity contribution in [2.75, 3.05) is 6.54 Å². The fraction of sp³-hybridized carbons (Fsp3) is 0.400. The molecule has 0 spiro atoms. The maximum Gasteiger partial charge on any atom is 0.274 e. The Morgan fingerprint density at radius 1 is 1.50 bits per heavy atom. The van der Waals surface area contributed by atoms with E-state index in [1.54, 1.807) is 19.1 Å². The summed E-state index contributed by atoms with van der Waals surface area (Å²) in [5.74, 6) is -0.243. The summed E-state index contributed by atoms with van der Waals surface area (Å²) in [7, 11) is 0. The van der Waals surface area contributed by atoms with Gasteiger partial charge in [-0.2, -0.15) is 0 Å². The summed E-state index contributed by atoms with van der Waals surface area (Å²) in [6, 6.07) is -0.421. The number of hydrogen-bond donors (Lipinski definition) is 2. The number of likely N-dealkylation sites (tertiary alicyclic amines) is 1. The van der Waals surface area contributed by atoms with Crippen LogP contribution in [-0.2, 0) is 9.59 Å². The number of nitrogens with one attached hydrogen (secondary N) is 2. The van der Waals surface area contributed by atoms with E-state index in [1.165, 1.54) is 11.1 Å². The summed E-state index contributed by atoms with van der Waals surface area (Å²) in [5.41, 5.74) is 1.87. The Balaban J connectivity index is 2.80. The maximum atomic E-state index is 12.4. The molecule has 1 rings (SSSR count). The van der Waals surface area contributed by atoms with Gasteiger partial charge in [0.1, 0.15) is 6.29 Å². The SMILES string of the molecule is C=C1CCC(C=O)N1C(=O)/C(=C\C)NC/C(C=N)=C/C. The Bertz CT molecular complexity index is 478. The van der Waals surface area contributed by atoms with Gasteiger partial charge in [0, 0.05) is 18.5 Å². The highest BCUT2D eigenvalue weighted by Crippen LogP contribution is 2.26. The highest BCUT2D eigenvalue weighted by molar-refractivity contribution is 5.96. The second kappa shape index (κ2) is 7.43. The van der Waals surface area contributed by atoms with Crippen molar-refractivity contribution in [3.8, 4) is 0 Å². The summed E-state index contributed by atoms with van der Waals surface area (Å²) in [5, 5.41) is 10.2. The average molecular weight is 275 g/mol. The van der Waals surface area contributed by atoms with Crippen LogP contribution in [0, 0.1) is 5.41 Å². The van der Waals surface area contributed by atoms with Crippen molar-refractivity contribution in [1.29, 1.82) is 5.41 Å². The van der Waals surface area contributed by atoms with Gasteiger partial charge in [0.2, 0.25) is 0 Å². The second-order valence-electron chi connectivity index (χ2n) is 4.55. The first-order valence-corrected chi connectivity index (χ1v) is 6.61. The van der Waals surface area contributed by atoms with Gasteiger partial charge in [-0.15, -0.1) is 0 Å². The Kier molecular flexibility index (Phi) is 5.90. The summed E-state index contributed by atoms with van der Waals surface area (Å²) in [6.07, 6.45) is 6.80. The molecule has 1 amide bonds. The molecule has 1 aliphatic heterocycles. The van der Waals surface area contributed by atoms with E-state index in [0.717, 1.165) is 11.9 Å². The predicted octanol–water partition coefficient (Wildman–Crippen LogP) is 1.78. The van der Waals surface area contributed by atoms with Crippen LogP contribution in [0.5, 0.6) is 0 Å². The lowest BCUT2D eigenvalue weighted by Gasteiger charge is -2.23. The van der Waals surface area contributed by atoms with Crippen LogP contribution in [0.15, 0.2) is 35.7 Å². The van der Waals surface area contributed by atoms with Crippen molar-refractivity contribution < 1.29 is 9.59 Å². The molecule has 5 nitrogen and oxygen atoms in total. The van der Waals surface area contributed by atoms with Crippen molar-refractivity contribution >= 4 is 18.4 Å². The van der Waals surface area contributed by atoms with Gasteiger partial charge in [-0.25, -0.2) is 0 Å². The van der Waals surface area contributed by atoms with Gasteiger partial charge < -0.3 is 20.4 Å². The van der Waals surface area contributed by atoms with E-state index in [2.05, 4.69) is 11.9 Å². The smallest absolute Gasteiger partial charge is 0.274 e. The fourth-order valence-corrected chi connectivity index (χ4v) is 2.09. The third kappa shape index (κ3) is 3.44. The summed E-state index contributed by atoms with van der Waals surface area (Å²) in [4.78, 5) is 24.9. The van der Waals surface area contributed by atoms with E-state index in [9.17, 15) is 9.59 Å². The van der Waals surface area contributed by atoms with Gasteiger partial charge >= 0.3 is 0 Å². The minimum Gasteiger partial charge on any atom is -0.377 e. The molecule has 5 heteroatoms. The number of allylic oxidation sites excluding steroid dienone is 3. The van der Waals surface area contributed by atoms with Crippen LogP contribution in [0.2, 0.25) is 0 Å². The Morgan fingerprint density at radius 3 is 2.70 bits per heavy atom. The quantitative estimate of drug-likeness (QED) is 0.441. The molecule has 0 bridgehead atoms. The Morgan fingerprint density at radius 2 is 2.20 bits per heavy atom. The van der Waals surface area contributed by atoms with Crippen LogP contribution in [0.1, 0.15) is 26.7 Å². The zero-order chi connectivity index (χ0) is 15.1. The first-order chi connectivity index (χ1) is 9.58. The monoisotopic (exact) mass is 275 g/mol. The summed E-state index contributed by atoms with van der Waals surface area (Å²) < 4.78 is 0. The Hall–Kier alpha value is -2.17. The molecule has 1 heterocycles. The van der Waals surface area contributed by atoms with Crippen molar-refractivity contribution in [3.63, 3.8) is 0 Å². The van der Waals surface area contributed by atoms with E-state index in [4.69, 9.17) is 5.41 Å². The molecule has 0 aromatic rings. The zero-order valence-corrected chi connectivity index (χ0v) is 12.0. The highest BCUT2D eigenvalue weighted by Gasteiger charge is 2.32. The first kappa shape index (κ1) is 15.9. The molecule has 0 aromatic heterocycles. The van der Waals surface area contributed by atoms with Crippen LogP contribution in [0.4, 0.5) is 0 Å². The molecular formula is C15H21N3O2. The topological polar surface area (TPSA) is 73.3 Å². The van der Waals surface area contributed by atoms with E-state index in [0.29, 0.717) is 30.8 Å². The molecule has 1 saturated heterocycles. The van der Waals surface area contributed by atoms with E-state index < -0.39 is 6.04 Å². The largest absolute Gasteiger partial charge is 0.377 e. The van der Waals surface area contributed by atoms with Gasteiger partial charge in [-0.1, -0.05) is 18.7 Å². The molecule has 2 N–H and O–H groups in total. The third-order valence-electron chi connectivity index (χ3n) is 3.34. The molecule has 0 aliphatic carbocycles. The van der Waals surface area contributed by atoms with Gasteiger partial charge in [-0.05, 0) is 32.3 Å². The lowest BCUT2D eigenvalue weighted by Crippen LogP contribution is -2.39. The predicted molar refractivity (Wildman–Crippen MR) is 79.4 cm³/mol. The lowest BCUT2D eigenvalue weighted by molar-refractivity contribution is -0.129. The highest BCUT2D eigenvalue weighted by atomic mass is 16.2. The fourth-order valence-electron chi connectivity index (χ4n) is 2.09. The van der Waals surface area contributed by atoms with E-state index in [1.807, 2.05) is 6.92 Å². The van der Waals surface area contributed by atoms with Crippen molar-refractivity contribution in [1.82, 2.24) is 10.2 Å². The van der Waals surface area contributed by atoms with Crippen LogP contribution in [0.3, 0.4) is 0 Å². The molecule has 1 unspecified atom stereocenters. The number of carbonyl (C=O) groups is 2. The zero-order valence-electron chi connectivity index (χ0n) is 12.0. The van der Waals surface area contributed by atoms with E-state index >= 15 is 0 Å². The number of nitrogens with zero attached hydrogens (tertiary/aromatic N) is 1. The molecule has 0 saturated carbocycles. The minimum absolute atomic E-state index is 0.243. The van der Waals surface area contributed by atoms with Gasteiger partial charge in [-0.3, -0.25) is 4.79 Å². The first-order valence-electron chi connectivity index (χ1n) is 6.61. The van der Waals surface area contributed by atoms with Crippen LogP contribution in [0.25, 0.3) is 0 Å². The van der Waals surface area contributed by atoms with Crippen molar-refractivity contribution in [2.45, 2.75) is 32.7 Å². The third-order valence-corrected chi connectivity index (χ3v) is 3.34. The van der Waals surface area contributed by atoms with Crippen LogP contribution in [-0.4, -0.2) is 35.9 Å². The Labute approximate surface area is 119 Å². The number of hydrogen-bond acceptors (Lipinski definition) is 4. The average Bonchev–Trinajstić information content (AvgIpc) is 2.84. The van der Waals surface area contributed by atoms with E-state index in [-0.39, 0.29) is 5.91 Å². The number of rotatable bonds is 6. The van der Waals surface area contributed by atoms with Crippen molar-refractivity contribution in [3.05, 3.63) is 35.7 Å². The second-order valence-corrected chi connectivity index (χ2v) is 4.55. The summed E-state index contributed by atoms with van der Waals surface area (Å²) in [6.45, 7) is 7.84.